The molecule has 13 nitrogen and oxygen atoms in total. The summed E-state index contributed by atoms with van der Waals surface area (Å²) in [6.45, 7) is 0. The number of ether oxygens (including phenoxy) is 6. The number of phenols is 1. The van der Waals surface area contributed by atoms with E-state index in [1.807, 2.05) is 0 Å². The molecule has 0 atom stereocenters. The van der Waals surface area contributed by atoms with Crippen molar-refractivity contribution in [3.8, 4) is 156 Å². The van der Waals surface area contributed by atoms with Gasteiger partial charge in [-0.15, -0.1) is 19.3 Å². The summed E-state index contributed by atoms with van der Waals surface area (Å²) in [6.07, 6.45) is 15.5. The Morgan fingerprint density at radius 1 is 0.224 bits per heavy atom. The van der Waals surface area contributed by atoms with Crippen LogP contribution in [0.5, 0.6) is 74.7 Å². The maximum absolute atomic E-state index is 15.8. The van der Waals surface area contributed by atoms with Crippen LogP contribution in [-0.2, 0) is 20.2 Å². The molecule has 15 aromatic rings. The minimum atomic E-state index is -5.64. The van der Waals surface area contributed by atoms with Crippen LogP contribution in [0, 0.1) is 235 Å². The molecule has 0 saturated heterocycles. The summed E-state index contributed by atoms with van der Waals surface area (Å²) < 4.78 is 609. The Balaban J connectivity index is 0.000000253. The maximum Gasteiger partial charge on any atom is 1.00 e. The van der Waals surface area contributed by atoms with Gasteiger partial charge in [-0.1, -0.05) is 48.1 Å². The van der Waals surface area contributed by atoms with Gasteiger partial charge >= 0.3 is 59.1 Å². The minimum Gasteiger partial charge on any atom is -0.744 e. The normalized spacial score (nSPS) is 11.2. The van der Waals surface area contributed by atoms with Crippen molar-refractivity contribution < 1.29 is 268 Å². The smallest absolute Gasteiger partial charge is 0.744 e. The molecule has 0 fully saturated rings. The van der Waals surface area contributed by atoms with E-state index in [0.717, 1.165) is 24.3 Å². The van der Waals surface area contributed by atoms with Crippen molar-refractivity contribution in [1.82, 2.24) is 0 Å². The molecule has 0 amide bonds. The molecular weight excluding hydrogens is 2070 g/mol. The van der Waals surface area contributed by atoms with Crippen LogP contribution in [0.15, 0.2) is 143 Å². The number of terminal acetylenes is 3. The molecular formula is C92H26F34Na2O13S2. The Bertz CT molecular complexity index is 8100. The van der Waals surface area contributed by atoms with E-state index < -0.39 is 363 Å². The number of hydrogen-bond acceptors (Lipinski definition) is 13. The van der Waals surface area contributed by atoms with Gasteiger partial charge in [0.15, 0.2) is 116 Å². The topological polar surface area (TPSA) is 190 Å². The first-order valence-corrected chi connectivity index (χ1v) is 39.7. The number of benzene rings is 15. The van der Waals surface area contributed by atoms with Gasteiger partial charge in [0, 0.05) is 27.5 Å². The molecule has 143 heavy (non-hydrogen) atoms. The fourth-order valence-electron chi connectivity index (χ4n) is 12.9. The molecule has 0 spiro atoms. The molecule has 0 aliphatic carbocycles. The number of phenolic OH excluding ortho intramolecular Hbond substituents is 1. The molecule has 724 valence electrons. The van der Waals surface area contributed by atoms with Gasteiger partial charge < -0.3 is 42.6 Å². The summed E-state index contributed by atoms with van der Waals surface area (Å²) in [7, 11) is -11.3. The molecule has 15 aromatic carbocycles. The number of hydrogen-bond donors (Lipinski definition) is 1. The quantitative estimate of drug-likeness (QED) is 0.0213. The molecule has 0 aromatic heterocycles. The Hall–Kier alpha value is -14.5. The van der Waals surface area contributed by atoms with Crippen LogP contribution in [0.1, 0.15) is 16.7 Å². The zero-order valence-electron chi connectivity index (χ0n) is 68.9. The largest absolute Gasteiger partial charge is 1.00 e. The van der Waals surface area contributed by atoms with E-state index in [9.17, 15) is 69.8 Å². The van der Waals surface area contributed by atoms with E-state index in [1.165, 1.54) is 24.3 Å². The second-order valence-corrected chi connectivity index (χ2v) is 30.6. The zero-order valence-corrected chi connectivity index (χ0v) is 74.6. The van der Waals surface area contributed by atoms with Crippen LogP contribution < -0.4 is 87.5 Å². The SMILES string of the molecule is C#Cc1cccc(O)c1.C#Cc1cccc(Oc2c(F)c(F)c(-c3c(F)c(F)c(Oc4ccc5cc(S(=O)(=O)[O-])cc(Oc6c(F)c(F)c(-c7c(F)c(F)c(Oc8cccc(C#C)c8)c(F)c7F)c(F)c6F)c5c4)c(F)c3F)c(F)c2F)c1.O=S(=O)([O-])c1cc(Oc2c(F)c(F)c(-c3c(F)c(F)c(F)c(F)c3F)c(F)c2F)c2cc(Oc3c(F)c(F)c(-c4c(F)c(F)c(F)c(F)c4F)c(F)c3F)ccc2c1.[Na+].[Na+]. The first-order valence-electron chi connectivity index (χ1n) is 36.9. The van der Waals surface area contributed by atoms with E-state index in [2.05, 4.69) is 17.8 Å². The first-order chi connectivity index (χ1) is 66.1. The van der Waals surface area contributed by atoms with Crippen LogP contribution in [0.2, 0.25) is 0 Å². The summed E-state index contributed by atoms with van der Waals surface area (Å²) in [5, 5.41) is 5.96. The van der Waals surface area contributed by atoms with E-state index in [-0.39, 0.29) is 88.1 Å². The summed E-state index contributed by atoms with van der Waals surface area (Å²) in [4.78, 5) is -2.69. The molecule has 0 aliphatic heterocycles. The van der Waals surface area contributed by atoms with Crippen LogP contribution in [0.25, 0.3) is 66.1 Å². The molecule has 1 N–H and O–H groups in total. The van der Waals surface area contributed by atoms with E-state index in [0.29, 0.717) is 54.1 Å². The summed E-state index contributed by atoms with van der Waals surface area (Å²) in [5.74, 6) is -105. The van der Waals surface area contributed by atoms with Crippen LogP contribution in [-0.4, -0.2) is 31.0 Å². The van der Waals surface area contributed by atoms with Gasteiger partial charge in [-0.25, -0.2) is 113 Å². The van der Waals surface area contributed by atoms with Gasteiger partial charge in [0.2, 0.25) is 116 Å². The van der Waals surface area contributed by atoms with Crippen molar-refractivity contribution in [1.29, 1.82) is 0 Å². The molecule has 0 unspecified atom stereocenters. The summed E-state index contributed by atoms with van der Waals surface area (Å²) >= 11 is 0. The third-order valence-electron chi connectivity index (χ3n) is 19.4. The molecule has 0 aliphatic rings. The Kier molecular flexibility index (Phi) is 32.0. The molecule has 0 saturated carbocycles. The van der Waals surface area contributed by atoms with Crippen molar-refractivity contribution in [2.75, 3.05) is 0 Å². The number of fused-ring (bicyclic) bond motifs is 2. The second kappa shape index (κ2) is 42.0. The van der Waals surface area contributed by atoms with Crippen molar-refractivity contribution in [2.45, 2.75) is 9.79 Å². The van der Waals surface area contributed by atoms with Crippen LogP contribution >= 0.6 is 0 Å². The van der Waals surface area contributed by atoms with Gasteiger partial charge in [0.05, 0.1) is 54.3 Å². The molecule has 0 radical (unpaired) electrons. The Morgan fingerprint density at radius 3 is 0.615 bits per heavy atom. The standard InChI is InChI=1S/C50H16F16O7S.C34H6F18O5S.C8H6O.2Na/c1-3-18-7-5-9-21(13-18)70-47-39(59)31(51)27(32(52)40(47)60)28-35(55)43(63)49(44(64)36(28)56)72-23-12-11-20-15-24(74(67,68)69)17-26(25(20)16-23)73-50-45(65)37(57)30(38(58)46(50)66)29-33(53)41(61)48(42(62)34(29)54)71-22-10-6-8-19(4-2)14-22;35-15-11(16(36)24(44)27(47)23(15)43)13-19(39)29(49)33(30(50)20(13)40)56-7-2-1-6-3-8(58(53,54)55)5-10(9(6)4-7)57-34-31(51)21(41)14(22(42)32(34)52)12-17(37)25(45)28(48)26(46)18(12)38;1-2-7-4-3-5-8(9)6-7;;/h1-2,5-17H,(H,67,68,69);1-5H,(H,53,54,55);1,3-6,9H;;/q;;;2*+1/p-2. The van der Waals surface area contributed by atoms with Gasteiger partial charge in [0.25, 0.3) is 0 Å². The minimum absolute atomic E-state index is 0. The monoisotopic (exact) mass is 2090 g/mol. The van der Waals surface area contributed by atoms with E-state index >= 15 is 105 Å². The number of halogens is 34. The average Bonchev–Trinajstić information content (AvgIpc) is 0.754. The Morgan fingerprint density at radius 2 is 0.413 bits per heavy atom. The average molecular weight is 2100 g/mol. The van der Waals surface area contributed by atoms with Gasteiger partial charge in [-0.3, -0.25) is 0 Å². The second-order valence-electron chi connectivity index (χ2n) is 27.8. The molecule has 15 rings (SSSR count). The van der Waals surface area contributed by atoms with Gasteiger partial charge in [-0.2, -0.15) is 52.7 Å². The van der Waals surface area contributed by atoms with Gasteiger partial charge in [0.1, 0.15) is 60.5 Å². The predicted octanol–water partition coefficient (Wildman–Crippen LogP) is 21.0. The van der Waals surface area contributed by atoms with Crippen LogP contribution in [0.4, 0.5) is 149 Å². The third-order valence-corrected chi connectivity index (χ3v) is 21.0. The maximum atomic E-state index is 15.8. The van der Waals surface area contributed by atoms with Crippen molar-refractivity contribution in [3.63, 3.8) is 0 Å². The van der Waals surface area contributed by atoms with E-state index in [1.54, 1.807) is 24.3 Å². The van der Waals surface area contributed by atoms with Crippen molar-refractivity contribution in [2.24, 2.45) is 0 Å². The summed E-state index contributed by atoms with van der Waals surface area (Å²) in [6, 6.07) is 20.0. The van der Waals surface area contributed by atoms with E-state index in [4.69, 9.17) is 52.8 Å². The Labute approximate surface area is 818 Å². The first kappa shape index (κ1) is 109. The zero-order chi connectivity index (χ0) is 104. The van der Waals surface area contributed by atoms with Gasteiger partial charge in [-0.05, 0) is 114 Å². The summed E-state index contributed by atoms with van der Waals surface area (Å²) in [5.41, 5.74) is -18.6. The van der Waals surface area contributed by atoms with Crippen LogP contribution in [0.3, 0.4) is 0 Å². The number of aromatic hydroxyl groups is 1. The number of rotatable bonds is 18. The fraction of sp³-hybridized carbons (Fsp3) is 0. The van der Waals surface area contributed by atoms with Crippen molar-refractivity contribution >= 4 is 41.8 Å². The molecule has 0 bridgehead atoms. The van der Waals surface area contributed by atoms with Crippen molar-refractivity contribution in [3.05, 3.63) is 348 Å². The third kappa shape index (κ3) is 20.2. The molecule has 51 heteroatoms. The predicted molar refractivity (Wildman–Crippen MR) is 415 cm³/mol. The molecule has 0 heterocycles. The fourth-order valence-corrected chi connectivity index (χ4v) is 13.9.